The quantitative estimate of drug-likeness (QED) is 0.0222. The van der Waals surface area contributed by atoms with E-state index in [1.54, 1.807) is 0 Å². The summed E-state index contributed by atoms with van der Waals surface area (Å²) in [6.45, 7) is 9.48. The zero-order valence-electron chi connectivity index (χ0n) is 54.9. The molecule has 3 unspecified atom stereocenters. The third-order valence-electron chi connectivity index (χ3n) is 15.6. The lowest BCUT2D eigenvalue weighted by Gasteiger charge is -2.21. The largest absolute Gasteiger partial charge is 0.472 e. The van der Waals surface area contributed by atoms with Gasteiger partial charge in [-0.1, -0.05) is 279 Å². The number of hydrogen-bond acceptors (Lipinski definition) is 15. The van der Waals surface area contributed by atoms with Crippen LogP contribution in [0.4, 0.5) is 0 Å². The molecule has 0 aliphatic heterocycles. The van der Waals surface area contributed by atoms with Crippen LogP contribution < -0.4 is 0 Å². The number of esters is 4. The Morgan fingerprint density at radius 2 is 0.600 bits per heavy atom. The minimum absolute atomic E-state index is 0.103. The van der Waals surface area contributed by atoms with E-state index in [4.69, 9.17) is 37.0 Å². The molecule has 0 aliphatic rings. The number of unbranched alkanes of at least 4 members (excludes halogenated alkanes) is 34. The second kappa shape index (κ2) is 58.4. The standard InChI is InChI=1S/C66H128O17P2/c1-7-10-12-14-28-36-42-48-63(68)76-54-61(82-65(70)50-44-38-29-15-13-11-8-2)56-80-84(72,73)78-52-60(67)53-79-85(74,75)81-57-62(55-77-64(69)49-43-37-32-26-23-22-25-31-35-41-47-59(6)9-3)83-66(71)51-45-39-33-27-21-19-17-16-18-20-24-30-34-40-46-58(4)5/h58-62,67H,7-57H2,1-6H3,(H,72,73)(H,74,75)/t59?,60-,61+,62+/m0/s1. The Balaban J connectivity index is 5.17. The number of aliphatic hydroxyl groups is 1. The monoisotopic (exact) mass is 1250 g/mol. The van der Waals surface area contributed by atoms with Crippen molar-refractivity contribution in [3.8, 4) is 0 Å². The number of phosphoric ester groups is 2. The third kappa shape index (κ3) is 59.5. The second-order valence-corrected chi connectivity index (χ2v) is 27.5. The van der Waals surface area contributed by atoms with Crippen LogP contribution in [-0.2, 0) is 65.4 Å². The number of carbonyl (C=O) groups is 4. The molecule has 0 radical (unpaired) electrons. The van der Waals surface area contributed by atoms with Gasteiger partial charge in [0.05, 0.1) is 26.4 Å². The number of carbonyl (C=O) groups excluding carboxylic acids is 4. The topological polar surface area (TPSA) is 237 Å². The summed E-state index contributed by atoms with van der Waals surface area (Å²) in [5, 5.41) is 10.5. The SMILES string of the molecule is CCCCCCCCCC(=O)OC[C@H](COP(=O)(O)OC[C@H](O)COP(=O)(O)OC[C@@H](COC(=O)CCCCCCCCCCCCC(C)CC)OC(=O)CCCCCCCCCCCCCCCCC(C)C)OC(=O)CCCCCCCCC. The molecule has 0 aromatic heterocycles. The van der Waals surface area contributed by atoms with Crippen molar-refractivity contribution in [1.29, 1.82) is 0 Å². The number of aliphatic hydroxyl groups excluding tert-OH is 1. The summed E-state index contributed by atoms with van der Waals surface area (Å²) < 4.78 is 67.9. The van der Waals surface area contributed by atoms with Crippen molar-refractivity contribution < 1.29 is 80.2 Å². The van der Waals surface area contributed by atoms with E-state index >= 15 is 0 Å². The Kier molecular flexibility index (Phi) is 57.1. The van der Waals surface area contributed by atoms with Gasteiger partial charge in [-0.05, 0) is 37.5 Å². The van der Waals surface area contributed by atoms with E-state index in [1.807, 2.05) is 0 Å². The van der Waals surface area contributed by atoms with Gasteiger partial charge in [-0.2, -0.15) is 0 Å². The fraction of sp³-hybridized carbons (Fsp3) is 0.939. The maximum atomic E-state index is 13.0. The Morgan fingerprint density at radius 3 is 0.894 bits per heavy atom. The lowest BCUT2D eigenvalue weighted by Crippen LogP contribution is -2.30. The molecule has 19 heteroatoms. The predicted molar refractivity (Wildman–Crippen MR) is 340 cm³/mol. The molecule has 0 saturated heterocycles. The van der Waals surface area contributed by atoms with E-state index in [0.717, 1.165) is 127 Å². The van der Waals surface area contributed by atoms with Crippen LogP contribution in [0.3, 0.4) is 0 Å². The first-order valence-electron chi connectivity index (χ1n) is 34.5. The van der Waals surface area contributed by atoms with Gasteiger partial charge in [-0.25, -0.2) is 9.13 Å². The molecule has 3 N–H and O–H groups in total. The lowest BCUT2D eigenvalue weighted by atomic mass is 9.99. The van der Waals surface area contributed by atoms with Gasteiger partial charge in [0.15, 0.2) is 12.2 Å². The van der Waals surface area contributed by atoms with Crippen molar-refractivity contribution >= 4 is 39.5 Å². The zero-order chi connectivity index (χ0) is 62.9. The first kappa shape index (κ1) is 83.1. The van der Waals surface area contributed by atoms with Gasteiger partial charge in [-0.3, -0.25) is 37.3 Å². The van der Waals surface area contributed by atoms with Crippen LogP contribution >= 0.6 is 15.6 Å². The first-order valence-corrected chi connectivity index (χ1v) is 37.5. The highest BCUT2D eigenvalue weighted by atomic mass is 31.2. The van der Waals surface area contributed by atoms with Gasteiger partial charge in [0.25, 0.3) is 0 Å². The molecule has 0 heterocycles. The molecule has 0 aromatic carbocycles. The van der Waals surface area contributed by atoms with Gasteiger partial charge < -0.3 is 33.8 Å². The molecule has 504 valence electrons. The van der Waals surface area contributed by atoms with Crippen molar-refractivity contribution in [3.63, 3.8) is 0 Å². The first-order chi connectivity index (χ1) is 40.9. The maximum Gasteiger partial charge on any atom is 0.472 e. The molecular formula is C66H128O17P2. The van der Waals surface area contributed by atoms with Crippen LogP contribution in [0.15, 0.2) is 0 Å². The number of hydrogen-bond donors (Lipinski definition) is 3. The average molecular weight is 1260 g/mol. The maximum absolute atomic E-state index is 13.0. The molecule has 17 nitrogen and oxygen atoms in total. The number of rotatable bonds is 65. The van der Waals surface area contributed by atoms with Gasteiger partial charge in [0, 0.05) is 25.7 Å². The Morgan fingerprint density at radius 1 is 0.341 bits per heavy atom. The predicted octanol–water partition coefficient (Wildman–Crippen LogP) is 18.4. The summed E-state index contributed by atoms with van der Waals surface area (Å²) in [6, 6.07) is 0. The molecule has 0 bridgehead atoms. The van der Waals surface area contributed by atoms with Crippen LogP contribution in [0.1, 0.15) is 330 Å². The normalized spacial score (nSPS) is 14.6. The van der Waals surface area contributed by atoms with E-state index < -0.39 is 97.5 Å². The molecule has 0 saturated carbocycles. The summed E-state index contributed by atoms with van der Waals surface area (Å²) in [5.74, 6) is -0.534. The van der Waals surface area contributed by atoms with E-state index in [-0.39, 0.29) is 25.7 Å². The highest BCUT2D eigenvalue weighted by Gasteiger charge is 2.30. The molecule has 0 aromatic rings. The summed E-state index contributed by atoms with van der Waals surface area (Å²) in [5.41, 5.74) is 0. The minimum Gasteiger partial charge on any atom is -0.462 e. The fourth-order valence-corrected chi connectivity index (χ4v) is 11.4. The molecule has 6 atom stereocenters. The number of ether oxygens (including phenoxy) is 4. The van der Waals surface area contributed by atoms with Crippen LogP contribution in [0.25, 0.3) is 0 Å². The van der Waals surface area contributed by atoms with E-state index in [0.29, 0.717) is 25.7 Å². The van der Waals surface area contributed by atoms with Gasteiger partial charge >= 0.3 is 39.5 Å². The molecule has 0 rings (SSSR count). The van der Waals surface area contributed by atoms with Crippen LogP contribution in [0, 0.1) is 11.8 Å². The zero-order valence-corrected chi connectivity index (χ0v) is 56.7. The second-order valence-electron chi connectivity index (χ2n) is 24.6. The van der Waals surface area contributed by atoms with Crippen LogP contribution in [0.2, 0.25) is 0 Å². The van der Waals surface area contributed by atoms with E-state index in [2.05, 4.69) is 41.5 Å². The summed E-state index contributed by atoms with van der Waals surface area (Å²) in [4.78, 5) is 72.1. The molecular weight excluding hydrogens is 1130 g/mol. The molecule has 0 spiro atoms. The van der Waals surface area contributed by atoms with Gasteiger partial charge in [-0.15, -0.1) is 0 Å². The van der Waals surface area contributed by atoms with Crippen molar-refractivity contribution in [1.82, 2.24) is 0 Å². The molecule has 0 aliphatic carbocycles. The minimum atomic E-state index is -4.95. The summed E-state index contributed by atoms with van der Waals surface area (Å²) >= 11 is 0. The van der Waals surface area contributed by atoms with Crippen molar-refractivity contribution in [2.45, 2.75) is 349 Å². The number of phosphoric acid groups is 2. The average Bonchev–Trinajstić information content (AvgIpc) is 3.58. The lowest BCUT2D eigenvalue weighted by molar-refractivity contribution is -0.161. The van der Waals surface area contributed by atoms with Crippen LogP contribution in [0.5, 0.6) is 0 Å². The van der Waals surface area contributed by atoms with E-state index in [9.17, 15) is 43.2 Å². The van der Waals surface area contributed by atoms with E-state index in [1.165, 1.54) is 122 Å². The highest BCUT2D eigenvalue weighted by molar-refractivity contribution is 7.47. The van der Waals surface area contributed by atoms with Crippen molar-refractivity contribution in [2.24, 2.45) is 11.8 Å². The van der Waals surface area contributed by atoms with Gasteiger partial charge in [0.2, 0.25) is 0 Å². The fourth-order valence-electron chi connectivity index (χ4n) is 9.85. The van der Waals surface area contributed by atoms with Crippen molar-refractivity contribution in [2.75, 3.05) is 39.6 Å². The summed E-state index contributed by atoms with van der Waals surface area (Å²) in [7, 11) is -9.88. The smallest absolute Gasteiger partial charge is 0.462 e. The van der Waals surface area contributed by atoms with Crippen molar-refractivity contribution in [3.05, 3.63) is 0 Å². The Bertz CT molecular complexity index is 1670. The molecule has 0 amide bonds. The summed E-state index contributed by atoms with van der Waals surface area (Å²) in [6.07, 6.45) is 41.9. The Labute approximate surface area is 517 Å². The third-order valence-corrected chi connectivity index (χ3v) is 17.5. The highest BCUT2D eigenvalue weighted by Crippen LogP contribution is 2.45. The molecule has 85 heavy (non-hydrogen) atoms. The molecule has 0 fully saturated rings. The van der Waals surface area contributed by atoms with Crippen LogP contribution in [-0.4, -0.2) is 96.7 Å². The van der Waals surface area contributed by atoms with Gasteiger partial charge in [0.1, 0.15) is 19.3 Å². The Hall–Kier alpha value is -1.94.